The Balaban J connectivity index is 1.97. The minimum Gasteiger partial charge on any atom is -0.450 e. The number of furan rings is 1. The van der Waals surface area contributed by atoms with Crippen molar-refractivity contribution in [2.45, 2.75) is 0 Å². The molecule has 0 atom stereocenters. The highest BCUT2D eigenvalue weighted by atomic mass is 79.9. The van der Waals surface area contributed by atoms with Gasteiger partial charge in [0.25, 0.3) is 5.91 Å². The number of hydrogen-bond acceptors (Lipinski definition) is 5. The number of halogens is 2. The largest absolute Gasteiger partial charge is 0.450 e. The van der Waals surface area contributed by atoms with E-state index in [0.717, 1.165) is 0 Å². The average molecular weight is 425 g/mol. The SMILES string of the molecule is C=CCN1C(=O)/C(=C\c2ccc(Br)o2)SC1=Nc1cccnc1Cl. The third-order valence-corrected chi connectivity index (χ3v) is 4.75. The molecule has 0 aliphatic carbocycles. The number of nitrogens with zero attached hydrogens (tertiary/aromatic N) is 3. The van der Waals surface area contributed by atoms with Crippen LogP contribution in [0.5, 0.6) is 0 Å². The van der Waals surface area contributed by atoms with Gasteiger partial charge in [-0.3, -0.25) is 9.69 Å². The summed E-state index contributed by atoms with van der Waals surface area (Å²) in [4.78, 5) is 23.1. The molecule has 5 nitrogen and oxygen atoms in total. The van der Waals surface area contributed by atoms with Gasteiger partial charge in [-0.25, -0.2) is 9.98 Å². The molecule has 1 fully saturated rings. The van der Waals surface area contributed by atoms with Crippen molar-refractivity contribution in [1.29, 1.82) is 0 Å². The van der Waals surface area contributed by atoms with Crippen LogP contribution in [-0.2, 0) is 4.79 Å². The molecule has 1 amide bonds. The fourth-order valence-electron chi connectivity index (χ4n) is 1.98. The van der Waals surface area contributed by atoms with Crippen molar-refractivity contribution in [3.05, 3.63) is 63.6 Å². The summed E-state index contributed by atoms with van der Waals surface area (Å²) in [5.41, 5.74) is 0.505. The smallest absolute Gasteiger partial charge is 0.267 e. The summed E-state index contributed by atoms with van der Waals surface area (Å²) in [7, 11) is 0. The molecule has 0 radical (unpaired) electrons. The van der Waals surface area contributed by atoms with Crippen LogP contribution in [0.3, 0.4) is 0 Å². The molecule has 0 unspecified atom stereocenters. The topological polar surface area (TPSA) is 58.7 Å². The number of aliphatic imine (C=N–C) groups is 1. The molecule has 1 aliphatic heterocycles. The molecule has 0 bridgehead atoms. The van der Waals surface area contributed by atoms with E-state index in [4.69, 9.17) is 16.0 Å². The first-order chi connectivity index (χ1) is 11.6. The molecule has 3 heterocycles. The Bertz CT molecular complexity index is 863. The molecule has 0 aromatic carbocycles. The van der Waals surface area contributed by atoms with E-state index in [1.807, 2.05) is 0 Å². The maximum Gasteiger partial charge on any atom is 0.267 e. The monoisotopic (exact) mass is 423 g/mol. The van der Waals surface area contributed by atoms with Gasteiger partial charge in [-0.05, 0) is 52.0 Å². The quantitative estimate of drug-likeness (QED) is 0.399. The first kappa shape index (κ1) is 17.0. The van der Waals surface area contributed by atoms with Crippen LogP contribution in [0, 0.1) is 0 Å². The predicted octanol–water partition coefficient (Wildman–Crippen LogP) is 4.88. The predicted molar refractivity (Wildman–Crippen MR) is 100 cm³/mol. The lowest BCUT2D eigenvalue weighted by atomic mass is 10.3. The van der Waals surface area contributed by atoms with Crippen LogP contribution in [0.25, 0.3) is 6.08 Å². The summed E-state index contributed by atoms with van der Waals surface area (Å²) >= 11 is 10.5. The average Bonchev–Trinajstić information content (AvgIpc) is 3.09. The third-order valence-electron chi connectivity index (χ3n) is 3.02. The molecule has 0 N–H and O–H groups in total. The standard InChI is InChI=1S/C16H11BrClN3O2S/c1-2-8-21-15(22)12(9-10-5-6-13(17)23-10)24-16(21)20-11-4-3-7-19-14(11)18/h2-7,9H,1,8H2/b12-9+,20-16?. The second kappa shape index (κ2) is 7.38. The van der Waals surface area contributed by atoms with Gasteiger partial charge >= 0.3 is 0 Å². The van der Waals surface area contributed by atoms with Crippen LogP contribution < -0.4 is 0 Å². The number of amides is 1. The number of hydrogen-bond donors (Lipinski definition) is 0. The Hall–Kier alpha value is -1.83. The first-order valence-electron chi connectivity index (χ1n) is 6.85. The van der Waals surface area contributed by atoms with Crippen LogP contribution >= 0.6 is 39.3 Å². The van der Waals surface area contributed by atoms with E-state index in [9.17, 15) is 4.79 Å². The lowest BCUT2D eigenvalue weighted by molar-refractivity contribution is -0.121. The van der Waals surface area contributed by atoms with Gasteiger partial charge in [0.1, 0.15) is 11.4 Å². The Morgan fingerprint density at radius 2 is 2.29 bits per heavy atom. The zero-order chi connectivity index (χ0) is 17.1. The number of thioether (sulfide) groups is 1. The van der Waals surface area contributed by atoms with Gasteiger partial charge in [-0.1, -0.05) is 17.7 Å². The molecular formula is C16H11BrClN3O2S. The Labute approximate surface area is 156 Å². The second-order valence-electron chi connectivity index (χ2n) is 4.66. The molecular weight excluding hydrogens is 414 g/mol. The van der Waals surface area contributed by atoms with Crippen LogP contribution in [0.2, 0.25) is 5.15 Å². The number of aromatic nitrogens is 1. The highest BCUT2D eigenvalue weighted by molar-refractivity contribution is 9.10. The number of rotatable bonds is 4. The maximum atomic E-state index is 12.6. The van der Waals surface area contributed by atoms with Crippen molar-refractivity contribution in [3.63, 3.8) is 0 Å². The highest BCUT2D eigenvalue weighted by Crippen LogP contribution is 2.35. The zero-order valence-electron chi connectivity index (χ0n) is 12.3. The number of pyridine rings is 1. The van der Waals surface area contributed by atoms with Gasteiger partial charge in [0.15, 0.2) is 15.0 Å². The normalized spacial score (nSPS) is 17.9. The third kappa shape index (κ3) is 3.63. The van der Waals surface area contributed by atoms with E-state index < -0.39 is 0 Å². The van der Waals surface area contributed by atoms with E-state index in [2.05, 4.69) is 32.5 Å². The highest BCUT2D eigenvalue weighted by Gasteiger charge is 2.33. The summed E-state index contributed by atoms with van der Waals surface area (Å²) in [5, 5.41) is 0.802. The Morgan fingerprint density at radius 3 is 2.96 bits per heavy atom. The molecule has 0 saturated carbocycles. The Morgan fingerprint density at radius 1 is 1.46 bits per heavy atom. The minimum absolute atomic E-state index is 0.161. The summed E-state index contributed by atoms with van der Waals surface area (Å²) < 4.78 is 6.03. The van der Waals surface area contributed by atoms with Crippen molar-refractivity contribution < 1.29 is 9.21 Å². The molecule has 122 valence electrons. The van der Waals surface area contributed by atoms with E-state index in [0.29, 0.717) is 32.7 Å². The molecule has 1 aliphatic rings. The second-order valence-corrected chi connectivity index (χ2v) is 6.81. The van der Waals surface area contributed by atoms with E-state index in [1.165, 1.54) is 16.7 Å². The molecule has 2 aromatic heterocycles. The van der Waals surface area contributed by atoms with Gasteiger partial charge in [-0.15, -0.1) is 6.58 Å². The molecule has 0 spiro atoms. The van der Waals surface area contributed by atoms with E-state index >= 15 is 0 Å². The van der Waals surface area contributed by atoms with Gasteiger partial charge in [0.05, 0.1) is 4.91 Å². The molecule has 2 aromatic rings. The minimum atomic E-state index is -0.161. The summed E-state index contributed by atoms with van der Waals surface area (Å²) in [6, 6.07) is 7.02. The summed E-state index contributed by atoms with van der Waals surface area (Å²) in [6.07, 6.45) is 4.91. The van der Waals surface area contributed by atoms with Crippen molar-refractivity contribution in [3.8, 4) is 0 Å². The molecule has 8 heteroatoms. The number of amidine groups is 1. The molecule has 3 rings (SSSR count). The van der Waals surface area contributed by atoms with Gasteiger partial charge in [0.2, 0.25) is 0 Å². The van der Waals surface area contributed by atoms with Gasteiger partial charge in [0, 0.05) is 18.8 Å². The van der Waals surface area contributed by atoms with Crippen molar-refractivity contribution >= 4 is 62.1 Å². The zero-order valence-corrected chi connectivity index (χ0v) is 15.4. The maximum absolute atomic E-state index is 12.6. The van der Waals surface area contributed by atoms with Crippen LogP contribution in [0.4, 0.5) is 5.69 Å². The van der Waals surface area contributed by atoms with Crippen molar-refractivity contribution in [2.24, 2.45) is 4.99 Å². The summed E-state index contributed by atoms with van der Waals surface area (Å²) in [5.74, 6) is 0.420. The lowest BCUT2D eigenvalue weighted by Crippen LogP contribution is -2.29. The van der Waals surface area contributed by atoms with E-state index in [-0.39, 0.29) is 11.1 Å². The lowest BCUT2D eigenvalue weighted by Gasteiger charge is -2.12. The van der Waals surface area contributed by atoms with Gasteiger partial charge < -0.3 is 4.42 Å². The first-order valence-corrected chi connectivity index (χ1v) is 8.84. The van der Waals surface area contributed by atoms with Crippen LogP contribution in [-0.4, -0.2) is 27.5 Å². The van der Waals surface area contributed by atoms with Gasteiger partial charge in [-0.2, -0.15) is 0 Å². The number of carbonyl (C=O) groups excluding carboxylic acids is 1. The fourth-order valence-corrected chi connectivity index (χ4v) is 3.44. The fraction of sp³-hybridized carbons (Fsp3) is 0.0625. The van der Waals surface area contributed by atoms with Crippen LogP contribution in [0.1, 0.15) is 5.76 Å². The molecule has 1 saturated heterocycles. The molecule has 24 heavy (non-hydrogen) atoms. The number of carbonyl (C=O) groups is 1. The Kier molecular flexibility index (Phi) is 5.23. The van der Waals surface area contributed by atoms with Crippen molar-refractivity contribution in [2.75, 3.05) is 6.54 Å². The van der Waals surface area contributed by atoms with Crippen LogP contribution in [0.15, 0.2) is 62.1 Å². The van der Waals surface area contributed by atoms with Crippen molar-refractivity contribution in [1.82, 2.24) is 9.88 Å². The summed E-state index contributed by atoms with van der Waals surface area (Å²) in [6.45, 7) is 4.04. The van der Waals surface area contributed by atoms with E-state index in [1.54, 1.807) is 42.6 Å².